The van der Waals surface area contributed by atoms with Crippen molar-refractivity contribution in [3.05, 3.63) is 71.8 Å². The fraction of sp³-hybridized carbons (Fsp3) is 0.211. The SMILES string of the molecule is CN1CC(=O)N(CC(=O)NC(c2ccccc2)c2ccccc2)C1=O. The molecule has 1 saturated heterocycles. The van der Waals surface area contributed by atoms with Crippen LogP contribution in [0.3, 0.4) is 0 Å². The van der Waals surface area contributed by atoms with Crippen molar-refractivity contribution in [1.29, 1.82) is 0 Å². The molecule has 0 spiro atoms. The first-order chi connectivity index (χ1) is 12.1. The lowest BCUT2D eigenvalue weighted by atomic mass is 9.99. The van der Waals surface area contributed by atoms with Crippen LogP contribution >= 0.6 is 0 Å². The highest BCUT2D eigenvalue weighted by atomic mass is 16.2. The topological polar surface area (TPSA) is 69.7 Å². The molecule has 1 N–H and O–H groups in total. The van der Waals surface area contributed by atoms with Gasteiger partial charge in [0.15, 0.2) is 0 Å². The van der Waals surface area contributed by atoms with Gasteiger partial charge in [-0.15, -0.1) is 0 Å². The number of carbonyl (C=O) groups excluding carboxylic acids is 3. The second kappa shape index (κ2) is 7.17. The minimum atomic E-state index is -0.448. The van der Waals surface area contributed by atoms with Gasteiger partial charge in [-0.2, -0.15) is 0 Å². The van der Waals surface area contributed by atoms with Crippen molar-refractivity contribution in [2.45, 2.75) is 6.04 Å². The smallest absolute Gasteiger partial charge is 0.327 e. The molecule has 0 aromatic heterocycles. The Bertz CT molecular complexity index is 738. The third-order valence-electron chi connectivity index (χ3n) is 4.10. The highest BCUT2D eigenvalue weighted by Gasteiger charge is 2.35. The summed E-state index contributed by atoms with van der Waals surface area (Å²) in [5, 5.41) is 2.93. The average molecular weight is 337 g/mol. The number of amides is 4. The number of nitrogens with one attached hydrogen (secondary N) is 1. The van der Waals surface area contributed by atoms with E-state index in [2.05, 4.69) is 5.32 Å². The minimum absolute atomic E-state index is 0.00686. The summed E-state index contributed by atoms with van der Waals surface area (Å²) in [6, 6.07) is 18.3. The zero-order valence-corrected chi connectivity index (χ0v) is 13.9. The quantitative estimate of drug-likeness (QED) is 0.846. The molecule has 2 aromatic carbocycles. The molecule has 1 heterocycles. The molecular formula is C19H19N3O3. The first-order valence-corrected chi connectivity index (χ1v) is 8.01. The van der Waals surface area contributed by atoms with Crippen LogP contribution in [0, 0.1) is 0 Å². The summed E-state index contributed by atoms with van der Waals surface area (Å²) in [7, 11) is 1.54. The van der Waals surface area contributed by atoms with Gasteiger partial charge in [0, 0.05) is 7.05 Å². The highest BCUT2D eigenvalue weighted by Crippen LogP contribution is 2.21. The normalized spacial score (nSPS) is 14.3. The number of hydrogen-bond donors (Lipinski definition) is 1. The molecule has 2 aromatic rings. The molecule has 0 aliphatic carbocycles. The van der Waals surface area contributed by atoms with Gasteiger partial charge in [-0.25, -0.2) is 4.79 Å². The van der Waals surface area contributed by atoms with Crippen molar-refractivity contribution in [1.82, 2.24) is 15.1 Å². The third kappa shape index (κ3) is 3.68. The van der Waals surface area contributed by atoms with Crippen molar-refractivity contribution in [2.24, 2.45) is 0 Å². The first kappa shape index (κ1) is 16.7. The van der Waals surface area contributed by atoms with Crippen LogP contribution in [0.15, 0.2) is 60.7 Å². The number of hydrogen-bond acceptors (Lipinski definition) is 3. The van der Waals surface area contributed by atoms with Gasteiger partial charge in [-0.3, -0.25) is 14.5 Å². The maximum absolute atomic E-state index is 12.5. The summed E-state index contributed by atoms with van der Waals surface area (Å²) in [4.78, 5) is 38.5. The second-order valence-corrected chi connectivity index (χ2v) is 5.94. The van der Waals surface area contributed by atoms with Crippen molar-refractivity contribution < 1.29 is 14.4 Å². The summed E-state index contributed by atoms with van der Waals surface area (Å²) < 4.78 is 0. The van der Waals surface area contributed by atoms with Gasteiger partial charge >= 0.3 is 6.03 Å². The van der Waals surface area contributed by atoms with Crippen LogP contribution in [0.1, 0.15) is 17.2 Å². The first-order valence-electron chi connectivity index (χ1n) is 8.01. The van der Waals surface area contributed by atoms with Gasteiger partial charge in [-0.1, -0.05) is 60.7 Å². The molecule has 128 valence electrons. The van der Waals surface area contributed by atoms with Gasteiger partial charge in [-0.05, 0) is 11.1 Å². The van der Waals surface area contributed by atoms with E-state index in [-0.39, 0.29) is 30.9 Å². The molecular weight excluding hydrogens is 318 g/mol. The fourth-order valence-corrected chi connectivity index (χ4v) is 2.82. The Morgan fingerprint density at radius 1 is 1.00 bits per heavy atom. The van der Waals surface area contributed by atoms with E-state index in [1.54, 1.807) is 0 Å². The molecule has 4 amide bonds. The molecule has 3 rings (SSSR count). The minimum Gasteiger partial charge on any atom is -0.344 e. The lowest BCUT2D eigenvalue weighted by Gasteiger charge is -2.21. The summed E-state index contributed by atoms with van der Waals surface area (Å²) in [5.41, 5.74) is 1.86. The van der Waals surface area contributed by atoms with Crippen molar-refractivity contribution >= 4 is 17.8 Å². The Morgan fingerprint density at radius 3 is 1.96 bits per heavy atom. The van der Waals surface area contributed by atoms with Gasteiger partial charge in [0.25, 0.3) is 5.91 Å². The third-order valence-corrected chi connectivity index (χ3v) is 4.10. The Labute approximate surface area is 146 Å². The van der Waals surface area contributed by atoms with Crippen molar-refractivity contribution in [2.75, 3.05) is 20.1 Å². The summed E-state index contributed by atoms with van der Waals surface area (Å²) in [6.45, 7) is -0.273. The van der Waals surface area contributed by atoms with Gasteiger partial charge in [0.1, 0.15) is 13.1 Å². The van der Waals surface area contributed by atoms with Gasteiger partial charge in [0.2, 0.25) is 5.91 Å². The molecule has 0 atom stereocenters. The molecule has 0 radical (unpaired) electrons. The predicted molar refractivity (Wildman–Crippen MR) is 92.6 cm³/mol. The molecule has 0 saturated carbocycles. The number of benzene rings is 2. The maximum Gasteiger partial charge on any atom is 0.327 e. The zero-order chi connectivity index (χ0) is 17.8. The molecule has 25 heavy (non-hydrogen) atoms. The predicted octanol–water partition coefficient (Wildman–Crippen LogP) is 1.79. The van der Waals surface area contributed by atoms with Crippen LogP contribution in [-0.2, 0) is 9.59 Å². The van der Waals surface area contributed by atoms with E-state index in [1.165, 1.54) is 11.9 Å². The lowest BCUT2D eigenvalue weighted by molar-refractivity contribution is -0.130. The Hall–Kier alpha value is -3.15. The standard InChI is InChI=1S/C19H19N3O3/c1-21-13-17(24)22(19(21)25)12-16(23)20-18(14-8-4-2-5-9-14)15-10-6-3-7-11-15/h2-11,18H,12-13H2,1H3,(H,20,23). The number of rotatable bonds is 5. The van der Waals surface area contributed by atoms with Gasteiger partial charge in [0.05, 0.1) is 6.04 Å². The highest BCUT2D eigenvalue weighted by molar-refractivity contribution is 6.04. The van der Waals surface area contributed by atoms with E-state index >= 15 is 0 Å². The Balaban J connectivity index is 1.78. The Kier molecular flexibility index (Phi) is 4.79. The molecule has 6 heteroatoms. The van der Waals surface area contributed by atoms with E-state index in [9.17, 15) is 14.4 Å². The van der Waals surface area contributed by atoms with Crippen molar-refractivity contribution in [3.8, 4) is 0 Å². The molecule has 6 nitrogen and oxygen atoms in total. The summed E-state index contributed by atoms with van der Waals surface area (Å²) in [6.07, 6.45) is 0. The lowest BCUT2D eigenvalue weighted by Crippen LogP contribution is -2.42. The fourth-order valence-electron chi connectivity index (χ4n) is 2.82. The maximum atomic E-state index is 12.5. The molecule has 1 fully saturated rings. The van der Waals surface area contributed by atoms with E-state index in [4.69, 9.17) is 0 Å². The van der Waals surface area contributed by atoms with E-state index in [0.717, 1.165) is 16.0 Å². The number of likely N-dealkylation sites (N-methyl/N-ethyl adjacent to an activating group) is 1. The zero-order valence-electron chi connectivity index (χ0n) is 13.9. The van der Waals surface area contributed by atoms with E-state index in [0.29, 0.717) is 0 Å². The van der Waals surface area contributed by atoms with Crippen LogP contribution in [-0.4, -0.2) is 47.8 Å². The Morgan fingerprint density at radius 2 is 1.52 bits per heavy atom. The molecule has 1 aliphatic rings. The molecule has 0 bridgehead atoms. The number of nitrogens with zero attached hydrogens (tertiary/aromatic N) is 2. The van der Waals surface area contributed by atoms with Crippen LogP contribution in [0.4, 0.5) is 4.79 Å². The monoisotopic (exact) mass is 337 g/mol. The van der Waals surface area contributed by atoms with Crippen LogP contribution in [0.5, 0.6) is 0 Å². The number of imide groups is 1. The molecule has 1 aliphatic heterocycles. The van der Waals surface area contributed by atoms with Crippen molar-refractivity contribution in [3.63, 3.8) is 0 Å². The summed E-state index contributed by atoms with van der Waals surface area (Å²) in [5.74, 6) is -0.742. The largest absolute Gasteiger partial charge is 0.344 e. The van der Waals surface area contributed by atoms with Gasteiger partial charge < -0.3 is 10.2 Å². The average Bonchev–Trinajstić information content (AvgIpc) is 2.87. The van der Waals surface area contributed by atoms with Crippen LogP contribution < -0.4 is 5.32 Å². The van der Waals surface area contributed by atoms with Crippen LogP contribution in [0.2, 0.25) is 0 Å². The van der Waals surface area contributed by atoms with Crippen LogP contribution in [0.25, 0.3) is 0 Å². The number of urea groups is 1. The second-order valence-electron chi connectivity index (χ2n) is 5.94. The number of carbonyl (C=O) groups is 3. The van der Waals surface area contributed by atoms with E-state index < -0.39 is 6.03 Å². The summed E-state index contributed by atoms with van der Waals surface area (Å²) >= 11 is 0. The van der Waals surface area contributed by atoms with E-state index in [1.807, 2.05) is 60.7 Å². The molecule has 0 unspecified atom stereocenters.